The third-order valence-corrected chi connectivity index (χ3v) is 1.73. The molecule has 2 N–H and O–H groups in total. The fourth-order valence-corrected chi connectivity index (χ4v) is 1.11. The number of benzene rings is 1. The lowest BCUT2D eigenvalue weighted by atomic mass is 10.1. The van der Waals surface area contributed by atoms with E-state index in [1.165, 1.54) is 0 Å². The van der Waals surface area contributed by atoms with Crippen LogP contribution in [0.25, 0.3) is 0 Å². The number of ketones is 1. The van der Waals surface area contributed by atoms with Crippen molar-refractivity contribution in [2.45, 2.75) is 6.42 Å². The number of Topliss-reactive ketones (excluding diaryl/α,β-unsaturated/α-hetero) is 1. The van der Waals surface area contributed by atoms with E-state index in [-0.39, 0.29) is 12.2 Å². The molecule has 0 unspecified atom stereocenters. The van der Waals surface area contributed by atoms with Crippen molar-refractivity contribution in [1.29, 1.82) is 0 Å². The van der Waals surface area contributed by atoms with Crippen LogP contribution in [0.3, 0.4) is 0 Å². The average Bonchev–Trinajstić information content (AvgIpc) is 2.18. The van der Waals surface area contributed by atoms with Gasteiger partial charge in [-0.3, -0.25) is 4.79 Å². The number of carbonyl (C=O) groups excluding carboxylic acids is 1. The lowest BCUT2D eigenvalue weighted by Gasteiger charge is -2.01. The van der Waals surface area contributed by atoms with Gasteiger partial charge in [0.1, 0.15) is 5.75 Å². The van der Waals surface area contributed by atoms with Crippen molar-refractivity contribution in [3.8, 4) is 5.75 Å². The topological polar surface area (TPSA) is 64.7 Å². The summed E-state index contributed by atoms with van der Waals surface area (Å²) in [4.78, 5) is 11.1. The van der Waals surface area contributed by atoms with Gasteiger partial charge >= 0.3 is 0 Å². The first-order valence-electron chi connectivity index (χ1n) is 4.15. The Morgan fingerprint density at radius 3 is 3.07 bits per heavy atom. The maximum absolute atomic E-state index is 11.1. The molecule has 0 aliphatic rings. The first-order valence-corrected chi connectivity index (χ1v) is 4.15. The lowest BCUT2D eigenvalue weighted by Crippen LogP contribution is -2.05. The summed E-state index contributed by atoms with van der Waals surface area (Å²) in [5.41, 5.74) is 0.884. The van der Waals surface area contributed by atoms with Gasteiger partial charge in [-0.2, -0.15) is 5.10 Å². The monoisotopic (exact) mass is 192 g/mol. The smallest absolute Gasteiger partial charge is 0.179 e. The standard InChI is InChI=1S/C10H12N2O2/c1-14-10-4-2-3-8(6-10)5-9(13)7-12-11/h2-4,6-7H,5,11H2,1H3. The number of hydrogen-bond donors (Lipinski definition) is 1. The molecule has 0 aliphatic heterocycles. The van der Waals surface area contributed by atoms with Gasteiger partial charge in [0.15, 0.2) is 5.78 Å². The van der Waals surface area contributed by atoms with E-state index in [9.17, 15) is 4.79 Å². The highest BCUT2D eigenvalue weighted by molar-refractivity contribution is 6.27. The minimum atomic E-state index is -0.124. The third-order valence-electron chi connectivity index (χ3n) is 1.73. The van der Waals surface area contributed by atoms with Crippen LogP contribution in [-0.2, 0) is 11.2 Å². The average molecular weight is 192 g/mol. The molecular formula is C10H12N2O2. The van der Waals surface area contributed by atoms with Crippen molar-refractivity contribution in [3.05, 3.63) is 29.8 Å². The summed E-state index contributed by atoms with van der Waals surface area (Å²) in [6.07, 6.45) is 1.40. The number of hydrogen-bond acceptors (Lipinski definition) is 4. The van der Waals surface area contributed by atoms with E-state index in [0.29, 0.717) is 0 Å². The van der Waals surface area contributed by atoms with Crippen LogP contribution in [-0.4, -0.2) is 19.1 Å². The predicted octanol–water partition coefficient (Wildman–Crippen LogP) is 0.751. The first kappa shape index (κ1) is 10.2. The Bertz CT molecular complexity index is 348. The highest BCUT2D eigenvalue weighted by Gasteiger charge is 2.01. The van der Waals surface area contributed by atoms with Crippen molar-refractivity contribution in [2.24, 2.45) is 10.9 Å². The second-order valence-corrected chi connectivity index (χ2v) is 2.77. The molecule has 14 heavy (non-hydrogen) atoms. The zero-order valence-electron chi connectivity index (χ0n) is 7.93. The number of ether oxygens (including phenoxy) is 1. The summed E-state index contributed by atoms with van der Waals surface area (Å²) in [6.45, 7) is 0. The molecule has 0 heterocycles. The lowest BCUT2D eigenvalue weighted by molar-refractivity contribution is -0.112. The number of methoxy groups -OCH3 is 1. The van der Waals surface area contributed by atoms with Gasteiger partial charge in [-0.05, 0) is 17.7 Å². The number of nitrogens with zero attached hydrogens (tertiary/aromatic N) is 1. The Morgan fingerprint density at radius 2 is 2.43 bits per heavy atom. The van der Waals surface area contributed by atoms with Gasteiger partial charge in [0.05, 0.1) is 13.3 Å². The first-order chi connectivity index (χ1) is 6.76. The van der Waals surface area contributed by atoms with Crippen LogP contribution < -0.4 is 10.6 Å². The molecule has 0 amide bonds. The molecule has 1 aromatic carbocycles. The van der Waals surface area contributed by atoms with Crippen LogP contribution in [0.4, 0.5) is 0 Å². The van der Waals surface area contributed by atoms with E-state index >= 15 is 0 Å². The minimum absolute atomic E-state index is 0.124. The maximum Gasteiger partial charge on any atom is 0.179 e. The molecule has 0 saturated carbocycles. The molecule has 1 rings (SSSR count). The highest BCUT2D eigenvalue weighted by Crippen LogP contribution is 2.12. The Morgan fingerprint density at radius 1 is 1.64 bits per heavy atom. The Hall–Kier alpha value is -1.84. The quantitative estimate of drug-likeness (QED) is 0.435. The molecule has 0 saturated heterocycles. The van der Waals surface area contributed by atoms with Crippen LogP contribution in [0, 0.1) is 0 Å². The van der Waals surface area contributed by atoms with Gasteiger partial charge in [0.2, 0.25) is 0 Å². The Kier molecular flexibility index (Phi) is 3.67. The van der Waals surface area contributed by atoms with Crippen LogP contribution in [0.1, 0.15) is 5.56 Å². The number of hydrazone groups is 1. The van der Waals surface area contributed by atoms with Crippen molar-refractivity contribution in [3.63, 3.8) is 0 Å². The van der Waals surface area contributed by atoms with Crippen LogP contribution in [0.15, 0.2) is 29.4 Å². The summed E-state index contributed by atoms with van der Waals surface area (Å²) in [5.74, 6) is 5.47. The number of nitrogens with two attached hydrogens (primary N) is 1. The minimum Gasteiger partial charge on any atom is -0.497 e. The number of rotatable bonds is 4. The molecule has 0 aromatic heterocycles. The SMILES string of the molecule is COc1cccc(CC(=O)C=NN)c1. The van der Waals surface area contributed by atoms with Crippen LogP contribution >= 0.6 is 0 Å². The summed E-state index contributed by atoms with van der Waals surface area (Å²) in [6, 6.07) is 7.32. The van der Waals surface area contributed by atoms with Crippen molar-refractivity contribution in [1.82, 2.24) is 0 Å². The van der Waals surface area contributed by atoms with E-state index in [0.717, 1.165) is 17.5 Å². The van der Waals surface area contributed by atoms with Crippen LogP contribution in [0.2, 0.25) is 0 Å². The molecule has 1 aromatic rings. The van der Waals surface area contributed by atoms with E-state index < -0.39 is 0 Å². The molecule has 0 aliphatic carbocycles. The van der Waals surface area contributed by atoms with Gasteiger partial charge in [-0.25, -0.2) is 0 Å². The van der Waals surface area contributed by atoms with Crippen molar-refractivity contribution in [2.75, 3.05) is 7.11 Å². The molecule has 4 heteroatoms. The largest absolute Gasteiger partial charge is 0.497 e. The molecular weight excluding hydrogens is 180 g/mol. The van der Waals surface area contributed by atoms with Gasteiger partial charge in [-0.15, -0.1) is 0 Å². The summed E-state index contributed by atoms with van der Waals surface area (Å²) >= 11 is 0. The molecule has 0 radical (unpaired) electrons. The van der Waals surface area contributed by atoms with E-state index in [1.54, 1.807) is 7.11 Å². The van der Waals surface area contributed by atoms with Gasteiger partial charge < -0.3 is 10.6 Å². The van der Waals surface area contributed by atoms with E-state index in [1.807, 2.05) is 24.3 Å². The molecule has 74 valence electrons. The third kappa shape index (κ3) is 2.90. The highest BCUT2D eigenvalue weighted by atomic mass is 16.5. The van der Waals surface area contributed by atoms with E-state index in [2.05, 4.69) is 5.10 Å². The summed E-state index contributed by atoms with van der Waals surface area (Å²) in [7, 11) is 1.59. The Balaban J connectivity index is 2.71. The zero-order valence-corrected chi connectivity index (χ0v) is 7.93. The van der Waals surface area contributed by atoms with Crippen molar-refractivity contribution < 1.29 is 9.53 Å². The normalized spacial score (nSPS) is 10.4. The summed E-state index contributed by atoms with van der Waals surface area (Å²) < 4.78 is 5.03. The van der Waals surface area contributed by atoms with Crippen molar-refractivity contribution >= 4 is 12.0 Å². The second-order valence-electron chi connectivity index (χ2n) is 2.77. The van der Waals surface area contributed by atoms with Crippen LogP contribution in [0.5, 0.6) is 5.75 Å². The fraction of sp³-hybridized carbons (Fsp3) is 0.200. The molecule has 4 nitrogen and oxygen atoms in total. The molecule has 0 atom stereocenters. The second kappa shape index (κ2) is 5.01. The summed E-state index contributed by atoms with van der Waals surface area (Å²) in [5, 5.41) is 3.17. The zero-order chi connectivity index (χ0) is 10.4. The molecule has 0 fully saturated rings. The Labute approximate surface area is 82.4 Å². The fourth-order valence-electron chi connectivity index (χ4n) is 1.11. The van der Waals surface area contributed by atoms with Gasteiger partial charge in [-0.1, -0.05) is 12.1 Å². The molecule has 0 bridgehead atoms. The van der Waals surface area contributed by atoms with Gasteiger partial charge in [0, 0.05) is 6.42 Å². The van der Waals surface area contributed by atoms with Gasteiger partial charge in [0.25, 0.3) is 0 Å². The maximum atomic E-state index is 11.1. The predicted molar refractivity (Wildman–Crippen MR) is 54.4 cm³/mol. The molecule has 0 spiro atoms. The number of carbonyl (C=O) groups is 1. The van der Waals surface area contributed by atoms with E-state index in [4.69, 9.17) is 10.6 Å².